The van der Waals surface area contributed by atoms with Crippen LogP contribution in [0.5, 0.6) is 5.75 Å². The number of carbonyl (C=O) groups is 1. The van der Waals surface area contributed by atoms with Crippen LogP contribution in [-0.2, 0) is 0 Å². The van der Waals surface area contributed by atoms with Gasteiger partial charge in [0.2, 0.25) is 0 Å². The van der Waals surface area contributed by atoms with Gasteiger partial charge in [0.15, 0.2) is 0 Å². The van der Waals surface area contributed by atoms with Crippen LogP contribution in [0.2, 0.25) is 0 Å². The van der Waals surface area contributed by atoms with Crippen molar-refractivity contribution in [3.05, 3.63) is 65.7 Å². The third-order valence-corrected chi connectivity index (χ3v) is 8.35. The van der Waals surface area contributed by atoms with Crippen LogP contribution in [0.1, 0.15) is 53.9 Å². The van der Waals surface area contributed by atoms with E-state index >= 15 is 0 Å². The van der Waals surface area contributed by atoms with Gasteiger partial charge in [-0.05, 0) is 119 Å². The van der Waals surface area contributed by atoms with Gasteiger partial charge in [0.25, 0.3) is 5.91 Å². The second-order valence-electron chi connectivity index (χ2n) is 10.1. The summed E-state index contributed by atoms with van der Waals surface area (Å²) in [4.78, 5) is 11.7. The summed E-state index contributed by atoms with van der Waals surface area (Å²) < 4.78 is 5.85. The van der Waals surface area contributed by atoms with Crippen molar-refractivity contribution in [2.75, 3.05) is 7.11 Å². The van der Waals surface area contributed by atoms with Crippen LogP contribution in [0.15, 0.2) is 54.6 Å². The zero-order valence-electron chi connectivity index (χ0n) is 18.4. The Hall–Kier alpha value is -2.85. The van der Waals surface area contributed by atoms with Crippen molar-refractivity contribution in [1.82, 2.24) is 5.48 Å². The summed E-state index contributed by atoms with van der Waals surface area (Å²) in [5.41, 5.74) is 5.93. The van der Waals surface area contributed by atoms with E-state index in [4.69, 9.17) is 9.94 Å². The number of benzene rings is 3. The zero-order chi connectivity index (χ0) is 21.8. The molecule has 2 N–H and O–H groups in total. The van der Waals surface area contributed by atoms with E-state index in [1.807, 2.05) is 12.1 Å². The van der Waals surface area contributed by atoms with Gasteiger partial charge in [-0.25, -0.2) is 5.48 Å². The van der Waals surface area contributed by atoms with Crippen LogP contribution in [0.4, 0.5) is 0 Å². The quantitative estimate of drug-likeness (QED) is 0.386. The highest BCUT2D eigenvalue weighted by molar-refractivity contribution is 5.98. The van der Waals surface area contributed by atoms with E-state index in [1.165, 1.54) is 48.8 Å². The Balaban J connectivity index is 1.38. The lowest BCUT2D eigenvalue weighted by Gasteiger charge is -2.54. The highest BCUT2D eigenvalue weighted by Crippen LogP contribution is 2.61. The van der Waals surface area contributed by atoms with Crippen LogP contribution in [0.25, 0.3) is 21.9 Å². The largest absolute Gasteiger partial charge is 0.496 e. The maximum atomic E-state index is 11.7. The van der Waals surface area contributed by atoms with E-state index in [9.17, 15) is 4.79 Å². The summed E-state index contributed by atoms with van der Waals surface area (Å²) >= 11 is 0. The standard InChI is InChI=1S/C28H29NO3/c1-32-26-7-6-21(15-25(26)27-23-9-16-8-17(11-23)12-24(27)10-16)19-2-3-20-14-22(28(30)29-31)5-4-18(20)13-19/h2-7,13-17,23-24,27,31H,8-12H2,1H3,(H,29,30). The number of methoxy groups -OCH3 is 1. The average molecular weight is 428 g/mol. The normalized spacial score (nSPS) is 28.1. The second-order valence-corrected chi connectivity index (χ2v) is 10.1. The highest BCUT2D eigenvalue weighted by Gasteiger charge is 2.49. The molecular weight excluding hydrogens is 398 g/mol. The molecule has 4 aliphatic rings. The molecule has 0 atom stereocenters. The van der Waals surface area contributed by atoms with Crippen LogP contribution < -0.4 is 10.2 Å². The number of hydroxylamine groups is 1. The fourth-order valence-electron chi connectivity index (χ4n) is 7.24. The van der Waals surface area contributed by atoms with Gasteiger partial charge >= 0.3 is 0 Å². The minimum atomic E-state index is -0.494. The summed E-state index contributed by atoms with van der Waals surface area (Å²) in [6.45, 7) is 0. The first-order chi connectivity index (χ1) is 15.6. The molecule has 3 aromatic rings. The molecule has 4 nitrogen and oxygen atoms in total. The van der Waals surface area contributed by atoms with Gasteiger partial charge in [0.05, 0.1) is 7.11 Å². The van der Waals surface area contributed by atoms with Crippen molar-refractivity contribution in [3.63, 3.8) is 0 Å². The Labute approximate surface area is 188 Å². The van der Waals surface area contributed by atoms with Crippen molar-refractivity contribution in [1.29, 1.82) is 0 Å². The summed E-state index contributed by atoms with van der Waals surface area (Å²) in [6, 6.07) is 18.5. The van der Waals surface area contributed by atoms with Gasteiger partial charge in [0, 0.05) is 5.56 Å². The SMILES string of the molecule is COc1ccc(-c2ccc3cc(C(=O)NO)ccc3c2)cc1C1C2CC3CC(C2)CC1C3. The molecule has 0 aromatic heterocycles. The summed E-state index contributed by atoms with van der Waals surface area (Å²) in [6.07, 6.45) is 7.04. The smallest absolute Gasteiger partial charge is 0.274 e. The van der Waals surface area contributed by atoms with Crippen molar-refractivity contribution in [3.8, 4) is 16.9 Å². The van der Waals surface area contributed by atoms with Crippen molar-refractivity contribution in [2.45, 2.75) is 38.0 Å². The topological polar surface area (TPSA) is 58.6 Å². The van der Waals surface area contributed by atoms with Crippen LogP contribution in [0, 0.1) is 23.7 Å². The van der Waals surface area contributed by atoms with Crippen molar-refractivity contribution >= 4 is 16.7 Å². The number of nitrogens with one attached hydrogen (secondary N) is 1. The average Bonchev–Trinajstić information content (AvgIpc) is 2.82. The van der Waals surface area contributed by atoms with Gasteiger partial charge in [-0.3, -0.25) is 10.0 Å². The predicted molar refractivity (Wildman–Crippen MR) is 125 cm³/mol. The molecule has 4 aliphatic carbocycles. The highest BCUT2D eigenvalue weighted by atomic mass is 16.5. The number of fused-ring (bicyclic) bond motifs is 1. The molecule has 0 heterocycles. The van der Waals surface area contributed by atoms with E-state index < -0.39 is 5.91 Å². The number of carbonyl (C=O) groups excluding carboxylic acids is 1. The van der Waals surface area contributed by atoms with Gasteiger partial charge in [-0.1, -0.05) is 24.3 Å². The van der Waals surface area contributed by atoms with E-state index in [0.717, 1.165) is 40.2 Å². The van der Waals surface area contributed by atoms with Crippen molar-refractivity contribution in [2.24, 2.45) is 23.7 Å². The number of rotatable bonds is 4. The first-order valence-corrected chi connectivity index (χ1v) is 11.8. The Morgan fingerprint density at radius 3 is 2.16 bits per heavy atom. The molecule has 164 valence electrons. The maximum absolute atomic E-state index is 11.7. The molecule has 32 heavy (non-hydrogen) atoms. The van der Waals surface area contributed by atoms with E-state index in [0.29, 0.717) is 11.5 Å². The molecule has 7 rings (SSSR count). The van der Waals surface area contributed by atoms with Gasteiger partial charge in [0.1, 0.15) is 5.75 Å². The van der Waals surface area contributed by atoms with Gasteiger partial charge in [-0.2, -0.15) is 0 Å². The molecule has 4 saturated carbocycles. The lowest BCUT2D eigenvalue weighted by Crippen LogP contribution is -2.43. The molecule has 1 amide bonds. The number of ether oxygens (including phenoxy) is 1. The number of amides is 1. The first kappa shape index (κ1) is 19.8. The molecule has 4 fully saturated rings. The maximum Gasteiger partial charge on any atom is 0.274 e. The molecule has 4 bridgehead atoms. The fraction of sp³-hybridized carbons (Fsp3) is 0.393. The van der Waals surface area contributed by atoms with Crippen LogP contribution in [-0.4, -0.2) is 18.2 Å². The molecule has 4 heteroatoms. The van der Waals surface area contributed by atoms with E-state index in [-0.39, 0.29) is 0 Å². The number of hydrogen-bond donors (Lipinski definition) is 2. The summed E-state index contributed by atoms with van der Waals surface area (Å²) in [7, 11) is 1.80. The fourth-order valence-corrected chi connectivity index (χ4v) is 7.24. The molecule has 0 unspecified atom stereocenters. The van der Waals surface area contributed by atoms with Crippen LogP contribution >= 0.6 is 0 Å². The minimum absolute atomic E-state index is 0.446. The molecule has 3 aromatic carbocycles. The first-order valence-electron chi connectivity index (χ1n) is 11.8. The molecule has 0 aliphatic heterocycles. The molecule has 0 spiro atoms. The zero-order valence-corrected chi connectivity index (χ0v) is 18.4. The Kier molecular flexibility index (Phi) is 4.72. The third-order valence-electron chi connectivity index (χ3n) is 8.35. The van der Waals surface area contributed by atoms with E-state index in [2.05, 4.69) is 30.3 Å². The summed E-state index contributed by atoms with van der Waals surface area (Å²) in [5, 5.41) is 10.9. The molecule has 0 saturated heterocycles. The van der Waals surface area contributed by atoms with Crippen molar-refractivity contribution < 1.29 is 14.7 Å². The Morgan fingerprint density at radius 1 is 0.844 bits per heavy atom. The van der Waals surface area contributed by atoms with Gasteiger partial charge < -0.3 is 4.74 Å². The lowest BCUT2D eigenvalue weighted by atomic mass is 9.50. The summed E-state index contributed by atoms with van der Waals surface area (Å²) in [5.74, 6) is 4.70. The van der Waals surface area contributed by atoms with Gasteiger partial charge in [-0.15, -0.1) is 0 Å². The molecule has 0 radical (unpaired) electrons. The lowest BCUT2D eigenvalue weighted by molar-refractivity contribution is -0.00345. The second kappa shape index (κ2) is 7.63. The van der Waals surface area contributed by atoms with E-state index in [1.54, 1.807) is 24.7 Å². The van der Waals surface area contributed by atoms with Crippen LogP contribution in [0.3, 0.4) is 0 Å². The minimum Gasteiger partial charge on any atom is -0.496 e. The Bertz CT molecular complexity index is 1170. The monoisotopic (exact) mass is 427 g/mol. The third kappa shape index (κ3) is 3.20. The number of hydrogen-bond acceptors (Lipinski definition) is 3. The molecular formula is C28H29NO3. The Morgan fingerprint density at radius 2 is 1.47 bits per heavy atom. The predicted octanol–water partition coefficient (Wildman–Crippen LogP) is 6.17.